The van der Waals surface area contributed by atoms with Gasteiger partial charge >= 0.3 is 0 Å². The minimum Gasteiger partial charge on any atom is -0.347 e. The Kier molecular flexibility index (Phi) is 7.12. The van der Waals surface area contributed by atoms with Gasteiger partial charge in [-0.1, -0.05) is 6.42 Å². The first kappa shape index (κ1) is 20.0. The van der Waals surface area contributed by atoms with Crippen LogP contribution in [0, 0.1) is 0 Å². The molecule has 2 rings (SSSR count). The monoisotopic (exact) mass is 370 g/mol. The Morgan fingerprint density at radius 1 is 1.20 bits per heavy atom. The van der Waals surface area contributed by atoms with Crippen molar-refractivity contribution in [3.8, 4) is 0 Å². The Morgan fingerprint density at radius 2 is 1.88 bits per heavy atom. The molecular formula is C16H30N6O2S. The molecule has 8 nitrogen and oxygen atoms in total. The van der Waals surface area contributed by atoms with Crippen LogP contribution in [-0.4, -0.2) is 74.9 Å². The molecule has 0 aromatic carbocycles. The van der Waals surface area contributed by atoms with E-state index in [9.17, 15) is 8.42 Å². The number of piperidine rings is 1. The largest absolute Gasteiger partial charge is 0.347 e. The lowest BCUT2D eigenvalue weighted by atomic mass is 9.99. The molecule has 0 bridgehead atoms. The maximum atomic E-state index is 11.8. The first-order valence-corrected chi connectivity index (χ1v) is 10.1. The predicted octanol–water partition coefficient (Wildman–Crippen LogP) is 0.683. The fourth-order valence-electron chi connectivity index (χ4n) is 2.97. The molecule has 1 aromatic rings. The van der Waals surface area contributed by atoms with E-state index in [4.69, 9.17) is 0 Å². The van der Waals surface area contributed by atoms with Gasteiger partial charge in [0.05, 0.1) is 0 Å². The number of nitrogens with zero attached hydrogens (tertiary/aromatic N) is 5. The van der Waals surface area contributed by atoms with Gasteiger partial charge in [-0.15, -0.1) is 0 Å². The van der Waals surface area contributed by atoms with Crippen molar-refractivity contribution in [2.45, 2.75) is 38.3 Å². The summed E-state index contributed by atoms with van der Waals surface area (Å²) in [5, 5.41) is 0. The van der Waals surface area contributed by atoms with E-state index in [1.807, 2.05) is 31.4 Å². The molecule has 25 heavy (non-hydrogen) atoms. The Labute approximate surface area is 151 Å². The van der Waals surface area contributed by atoms with Crippen LogP contribution >= 0.6 is 0 Å². The summed E-state index contributed by atoms with van der Waals surface area (Å²) in [5.41, 5.74) is 1.09. The van der Waals surface area contributed by atoms with Crippen LogP contribution in [0.4, 0.5) is 5.95 Å². The smallest absolute Gasteiger partial charge is 0.278 e. The Balaban J connectivity index is 1.91. The molecule has 9 heteroatoms. The lowest BCUT2D eigenvalue weighted by Gasteiger charge is -2.35. The Hall–Kier alpha value is -1.29. The van der Waals surface area contributed by atoms with Gasteiger partial charge in [-0.3, -0.25) is 4.90 Å². The number of hydrogen-bond donors (Lipinski definition) is 1. The molecule has 1 aliphatic rings. The van der Waals surface area contributed by atoms with Gasteiger partial charge in [0.1, 0.15) is 0 Å². The van der Waals surface area contributed by atoms with Crippen LogP contribution in [0.3, 0.4) is 0 Å². The number of rotatable bonds is 8. The van der Waals surface area contributed by atoms with E-state index in [-0.39, 0.29) is 0 Å². The third-order valence-corrected chi connectivity index (χ3v) is 6.00. The van der Waals surface area contributed by atoms with Gasteiger partial charge in [0.25, 0.3) is 10.2 Å². The van der Waals surface area contributed by atoms with Crippen molar-refractivity contribution in [3.63, 3.8) is 0 Å². The quantitative estimate of drug-likeness (QED) is 0.725. The molecule has 0 spiro atoms. The zero-order valence-corrected chi connectivity index (χ0v) is 16.5. The van der Waals surface area contributed by atoms with Gasteiger partial charge in [-0.25, -0.2) is 14.7 Å². The van der Waals surface area contributed by atoms with Gasteiger partial charge < -0.3 is 4.90 Å². The molecule has 1 aromatic heterocycles. The fourth-order valence-corrected chi connectivity index (χ4v) is 3.61. The number of aromatic nitrogens is 2. The lowest BCUT2D eigenvalue weighted by molar-refractivity contribution is 0.133. The van der Waals surface area contributed by atoms with Crippen LogP contribution in [0.2, 0.25) is 0 Å². The Bertz CT molecular complexity index is 633. The van der Waals surface area contributed by atoms with Gasteiger partial charge in [0.15, 0.2) is 0 Å². The van der Waals surface area contributed by atoms with E-state index in [0.717, 1.165) is 31.5 Å². The zero-order chi connectivity index (χ0) is 18.4. The normalized spacial score (nSPS) is 19.3. The highest BCUT2D eigenvalue weighted by atomic mass is 32.2. The number of likely N-dealkylation sites (tertiary alicyclic amines) is 1. The predicted molar refractivity (Wildman–Crippen MR) is 99.6 cm³/mol. The highest BCUT2D eigenvalue weighted by Crippen LogP contribution is 2.21. The molecule has 142 valence electrons. The SMILES string of the molecule is CN(C)c1ncc(CN2CCCCC2CCNS(=O)(=O)N(C)C)cn1. The average Bonchev–Trinajstić information content (AvgIpc) is 2.56. The number of hydrogen-bond acceptors (Lipinski definition) is 6. The Morgan fingerprint density at radius 3 is 2.48 bits per heavy atom. The summed E-state index contributed by atoms with van der Waals surface area (Å²) in [6, 6.07) is 0.382. The molecule has 1 fully saturated rings. The van der Waals surface area contributed by atoms with E-state index < -0.39 is 10.2 Å². The molecule has 1 aliphatic heterocycles. The summed E-state index contributed by atoms with van der Waals surface area (Å²) in [6.07, 6.45) is 8.03. The van der Waals surface area contributed by atoms with Gasteiger partial charge in [0, 0.05) is 65.3 Å². The van der Waals surface area contributed by atoms with Crippen molar-refractivity contribution in [1.82, 2.24) is 23.9 Å². The summed E-state index contributed by atoms with van der Waals surface area (Å²) in [4.78, 5) is 13.0. The molecule has 0 radical (unpaired) electrons. The highest BCUT2D eigenvalue weighted by Gasteiger charge is 2.23. The highest BCUT2D eigenvalue weighted by molar-refractivity contribution is 7.87. The second-order valence-corrected chi connectivity index (χ2v) is 8.85. The van der Waals surface area contributed by atoms with Crippen molar-refractivity contribution >= 4 is 16.2 Å². The number of anilines is 1. The van der Waals surface area contributed by atoms with Crippen molar-refractivity contribution in [3.05, 3.63) is 18.0 Å². The molecule has 1 atom stereocenters. The summed E-state index contributed by atoms with van der Waals surface area (Å²) in [6.45, 7) is 2.29. The molecule has 0 saturated carbocycles. The zero-order valence-electron chi connectivity index (χ0n) is 15.6. The minimum absolute atomic E-state index is 0.382. The molecule has 0 amide bonds. The molecule has 1 N–H and O–H groups in total. The van der Waals surface area contributed by atoms with Crippen LogP contribution in [0.5, 0.6) is 0 Å². The second kappa shape index (κ2) is 8.88. The van der Waals surface area contributed by atoms with Crippen LogP contribution in [0.1, 0.15) is 31.2 Å². The van der Waals surface area contributed by atoms with Crippen molar-refractivity contribution in [1.29, 1.82) is 0 Å². The second-order valence-electron chi connectivity index (χ2n) is 6.88. The molecule has 1 unspecified atom stereocenters. The van der Waals surface area contributed by atoms with E-state index in [1.54, 1.807) is 0 Å². The first-order chi connectivity index (χ1) is 11.8. The van der Waals surface area contributed by atoms with E-state index >= 15 is 0 Å². The summed E-state index contributed by atoms with van der Waals surface area (Å²) >= 11 is 0. The average molecular weight is 371 g/mol. The number of nitrogens with one attached hydrogen (secondary N) is 1. The van der Waals surface area contributed by atoms with Gasteiger partial charge in [0.2, 0.25) is 5.95 Å². The molecule has 2 heterocycles. The van der Waals surface area contributed by atoms with Crippen molar-refractivity contribution in [2.75, 3.05) is 46.2 Å². The maximum absolute atomic E-state index is 11.8. The van der Waals surface area contributed by atoms with Crippen LogP contribution in [0.15, 0.2) is 12.4 Å². The van der Waals surface area contributed by atoms with E-state index in [2.05, 4.69) is 19.6 Å². The molecular weight excluding hydrogens is 340 g/mol. The third-order valence-electron chi connectivity index (χ3n) is 4.47. The summed E-state index contributed by atoms with van der Waals surface area (Å²) in [7, 11) is 3.56. The van der Waals surface area contributed by atoms with Gasteiger partial charge in [-0.2, -0.15) is 12.7 Å². The standard InChI is InChI=1S/C16H30N6O2S/c1-20(2)16-17-11-14(12-18-16)13-22-10-6-5-7-15(22)8-9-19-25(23,24)21(3)4/h11-12,15,19H,5-10,13H2,1-4H3. The third kappa shape index (κ3) is 5.88. The topological polar surface area (TPSA) is 81.7 Å². The summed E-state index contributed by atoms with van der Waals surface area (Å²) < 4.78 is 27.5. The molecule has 0 aliphatic carbocycles. The van der Waals surface area contributed by atoms with Crippen LogP contribution < -0.4 is 9.62 Å². The van der Waals surface area contributed by atoms with E-state index in [1.165, 1.54) is 31.2 Å². The first-order valence-electron chi connectivity index (χ1n) is 8.69. The lowest BCUT2D eigenvalue weighted by Crippen LogP contribution is -2.42. The maximum Gasteiger partial charge on any atom is 0.278 e. The molecule has 1 saturated heterocycles. The fraction of sp³-hybridized carbons (Fsp3) is 0.750. The van der Waals surface area contributed by atoms with E-state index in [0.29, 0.717) is 18.5 Å². The van der Waals surface area contributed by atoms with Crippen LogP contribution in [0.25, 0.3) is 0 Å². The van der Waals surface area contributed by atoms with Gasteiger partial charge in [-0.05, 0) is 25.8 Å². The minimum atomic E-state index is -3.35. The summed E-state index contributed by atoms with van der Waals surface area (Å²) in [5.74, 6) is 0.706. The van der Waals surface area contributed by atoms with Crippen molar-refractivity contribution < 1.29 is 8.42 Å². The van der Waals surface area contributed by atoms with Crippen LogP contribution in [-0.2, 0) is 16.8 Å². The van der Waals surface area contributed by atoms with Crippen molar-refractivity contribution in [2.24, 2.45) is 0 Å².